The van der Waals surface area contributed by atoms with Gasteiger partial charge in [-0.25, -0.2) is 13.6 Å². The Morgan fingerprint density at radius 3 is 2.75 bits per heavy atom. The van der Waals surface area contributed by atoms with Gasteiger partial charge in [-0.05, 0) is 6.92 Å². The summed E-state index contributed by atoms with van der Waals surface area (Å²) in [6.07, 6.45) is -2.41. The maximum Gasteiger partial charge on any atom is 0.342 e. The van der Waals surface area contributed by atoms with E-state index in [0.717, 1.165) is 6.20 Å². The lowest BCUT2D eigenvalue weighted by atomic mass is 10.1. The van der Waals surface area contributed by atoms with Gasteiger partial charge in [0.1, 0.15) is 16.9 Å². The van der Waals surface area contributed by atoms with Crippen molar-refractivity contribution >= 4 is 5.97 Å². The fraction of sp³-hybridized carbons (Fsp3) is 0.333. The van der Waals surface area contributed by atoms with Crippen LogP contribution in [0.1, 0.15) is 29.3 Å². The van der Waals surface area contributed by atoms with E-state index < -0.39 is 34.8 Å². The first-order chi connectivity index (χ1) is 7.49. The molecule has 0 aliphatic carbocycles. The Kier molecular flexibility index (Phi) is 3.60. The van der Waals surface area contributed by atoms with Gasteiger partial charge in [0.25, 0.3) is 12.0 Å². The Morgan fingerprint density at radius 2 is 2.25 bits per heavy atom. The van der Waals surface area contributed by atoms with Crippen LogP contribution in [0.15, 0.2) is 11.0 Å². The van der Waals surface area contributed by atoms with E-state index in [1.165, 1.54) is 6.92 Å². The number of carbonyl (C=O) groups excluding carboxylic acids is 1. The van der Waals surface area contributed by atoms with Gasteiger partial charge in [0.05, 0.1) is 6.61 Å². The molecule has 1 rings (SSSR count). The summed E-state index contributed by atoms with van der Waals surface area (Å²) in [5, 5.41) is 9.26. The molecule has 0 bridgehead atoms. The first-order valence-electron chi connectivity index (χ1n) is 4.38. The smallest absolute Gasteiger partial charge is 0.342 e. The van der Waals surface area contributed by atoms with E-state index >= 15 is 0 Å². The second kappa shape index (κ2) is 4.73. The number of hydrogen-bond donors (Lipinski definition) is 2. The van der Waals surface area contributed by atoms with Crippen LogP contribution in [0.3, 0.4) is 0 Å². The third-order valence-electron chi connectivity index (χ3n) is 1.81. The van der Waals surface area contributed by atoms with Crippen LogP contribution in [-0.2, 0) is 4.74 Å². The van der Waals surface area contributed by atoms with Crippen LogP contribution in [0.4, 0.5) is 8.78 Å². The first-order valence-corrected chi connectivity index (χ1v) is 4.38. The molecular formula is C9H9F2NO4. The van der Waals surface area contributed by atoms with E-state index in [1.807, 2.05) is 4.98 Å². The zero-order valence-corrected chi connectivity index (χ0v) is 8.29. The van der Waals surface area contributed by atoms with Gasteiger partial charge in [-0.1, -0.05) is 0 Å². The van der Waals surface area contributed by atoms with Crippen molar-refractivity contribution in [2.24, 2.45) is 0 Å². The normalized spacial score (nSPS) is 10.5. The van der Waals surface area contributed by atoms with Crippen molar-refractivity contribution in [2.45, 2.75) is 13.3 Å². The fourth-order valence-electron chi connectivity index (χ4n) is 1.16. The number of aromatic amines is 1. The van der Waals surface area contributed by atoms with Crippen LogP contribution in [0.5, 0.6) is 5.75 Å². The van der Waals surface area contributed by atoms with E-state index in [9.17, 15) is 23.5 Å². The van der Waals surface area contributed by atoms with Gasteiger partial charge in [-0.15, -0.1) is 0 Å². The van der Waals surface area contributed by atoms with Crippen molar-refractivity contribution < 1.29 is 23.4 Å². The summed E-state index contributed by atoms with van der Waals surface area (Å²) >= 11 is 0. The molecule has 0 aliphatic heterocycles. The minimum Gasteiger partial charge on any atom is -0.505 e. The summed E-state index contributed by atoms with van der Waals surface area (Å²) in [5.74, 6) is -1.89. The molecule has 1 aromatic rings. The van der Waals surface area contributed by atoms with Gasteiger partial charge in [0.2, 0.25) is 0 Å². The van der Waals surface area contributed by atoms with Gasteiger partial charge in [0, 0.05) is 6.20 Å². The van der Waals surface area contributed by atoms with Gasteiger partial charge in [-0.3, -0.25) is 4.79 Å². The molecule has 5 nitrogen and oxygen atoms in total. The Balaban J connectivity index is 3.40. The van der Waals surface area contributed by atoms with Crippen molar-refractivity contribution in [3.63, 3.8) is 0 Å². The molecule has 0 spiro atoms. The maximum absolute atomic E-state index is 12.5. The molecule has 0 aliphatic rings. The summed E-state index contributed by atoms with van der Waals surface area (Å²) in [5.41, 5.74) is -3.00. The molecule has 0 fully saturated rings. The Hall–Kier alpha value is -1.92. The average molecular weight is 233 g/mol. The summed E-state index contributed by atoms with van der Waals surface area (Å²) in [6, 6.07) is 0. The number of halogens is 2. The number of esters is 1. The number of pyridine rings is 1. The van der Waals surface area contributed by atoms with E-state index in [4.69, 9.17) is 0 Å². The first kappa shape index (κ1) is 12.2. The molecule has 0 atom stereocenters. The van der Waals surface area contributed by atoms with Crippen molar-refractivity contribution in [1.29, 1.82) is 0 Å². The van der Waals surface area contributed by atoms with Gasteiger partial charge in [-0.2, -0.15) is 0 Å². The molecule has 1 aromatic heterocycles. The Bertz CT molecular complexity index is 455. The Labute approximate surface area is 88.7 Å². The van der Waals surface area contributed by atoms with E-state index in [-0.39, 0.29) is 6.61 Å². The highest BCUT2D eigenvalue weighted by Crippen LogP contribution is 2.25. The number of H-pyrrole nitrogens is 1. The highest BCUT2D eigenvalue weighted by molar-refractivity contribution is 5.93. The predicted octanol–water partition coefficient (Wildman–Crippen LogP) is 1.19. The molecule has 0 unspecified atom stereocenters. The fourth-order valence-corrected chi connectivity index (χ4v) is 1.16. The molecular weight excluding hydrogens is 224 g/mol. The van der Waals surface area contributed by atoms with Crippen LogP contribution >= 0.6 is 0 Å². The third-order valence-corrected chi connectivity index (χ3v) is 1.81. The quantitative estimate of drug-likeness (QED) is 0.768. The zero-order chi connectivity index (χ0) is 12.3. The number of aromatic nitrogens is 1. The molecule has 0 amide bonds. The van der Waals surface area contributed by atoms with Crippen molar-refractivity contribution in [2.75, 3.05) is 6.61 Å². The van der Waals surface area contributed by atoms with Crippen LogP contribution in [0, 0.1) is 0 Å². The number of ether oxygens (including phenoxy) is 1. The molecule has 16 heavy (non-hydrogen) atoms. The van der Waals surface area contributed by atoms with E-state index in [0.29, 0.717) is 0 Å². The maximum atomic E-state index is 12.5. The van der Waals surface area contributed by atoms with E-state index in [2.05, 4.69) is 4.74 Å². The molecule has 0 aromatic carbocycles. The number of rotatable bonds is 3. The third kappa shape index (κ3) is 2.18. The topological polar surface area (TPSA) is 79.4 Å². The largest absolute Gasteiger partial charge is 0.505 e. The summed E-state index contributed by atoms with van der Waals surface area (Å²) in [4.78, 5) is 24.3. The second-order valence-electron chi connectivity index (χ2n) is 2.81. The lowest BCUT2D eigenvalue weighted by Crippen LogP contribution is -2.20. The van der Waals surface area contributed by atoms with Gasteiger partial charge < -0.3 is 14.8 Å². The lowest BCUT2D eigenvalue weighted by molar-refractivity contribution is 0.0510. The molecule has 1 heterocycles. The van der Waals surface area contributed by atoms with Crippen LogP contribution in [-0.4, -0.2) is 22.7 Å². The zero-order valence-electron chi connectivity index (χ0n) is 8.29. The lowest BCUT2D eigenvalue weighted by Gasteiger charge is -2.08. The second-order valence-corrected chi connectivity index (χ2v) is 2.81. The van der Waals surface area contributed by atoms with Crippen molar-refractivity contribution in [3.8, 4) is 5.75 Å². The molecule has 7 heteroatoms. The average Bonchev–Trinajstić information content (AvgIpc) is 2.20. The highest BCUT2D eigenvalue weighted by Gasteiger charge is 2.26. The van der Waals surface area contributed by atoms with Crippen molar-refractivity contribution in [3.05, 3.63) is 27.7 Å². The van der Waals surface area contributed by atoms with Gasteiger partial charge in [0.15, 0.2) is 0 Å². The number of hydrogen-bond acceptors (Lipinski definition) is 4. The minimum absolute atomic E-state index is 0.0479. The summed E-state index contributed by atoms with van der Waals surface area (Å²) in [7, 11) is 0. The Morgan fingerprint density at radius 1 is 1.62 bits per heavy atom. The number of aromatic hydroxyl groups is 1. The molecule has 0 radical (unpaired) electrons. The number of carbonyl (C=O) groups is 1. The minimum atomic E-state index is -3.17. The van der Waals surface area contributed by atoms with E-state index in [1.54, 1.807) is 0 Å². The van der Waals surface area contributed by atoms with Crippen LogP contribution < -0.4 is 5.56 Å². The molecule has 0 saturated heterocycles. The van der Waals surface area contributed by atoms with Crippen LogP contribution in [0.2, 0.25) is 0 Å². The summed E-state index contributed by atoms with van der Waals surface area (Å²) in [6.45, 7) is 1.43. The van der Waals surface area contributed by atoms with Gasteiger partial charge >= 0.3 is 5.97 Å². The summed E-state index contributed by atoms with van der Waals surface area (Å²) < 4.78 is 29.5. The SMILES string of the molecule is CCOC(=O)c1c(O)c[nH]c(=O)c1C(F)F. The molecule has 88 valence electrons. The number of nitrogens with one attached hydrogen (secondary N) is 1. The number of alkyl halides is 2. The van der Waals surface area contributed by atoms with Crippen LogP contribution in [0.25, 0.3) is 0 Å². The monoisotopic (exact) mass is 233 g/mol. The highest BCUT2D eigenvalue weighted by atomic mass is 19.3. The van der Waals surface area contributed by atoms with Crippen molar-refractivity contribution in [1.82, 2.24) is 4.98 Å². The molecule has 0 saturated carbocycles. The predicted molar refractivity (Wildman–Crippen MR) is 49.6 cm³/mol. The standard InChI is InChI=1S/C9H9F2NO4/c1-2-16-9(15)5-4(13)3-12-8(14)6(5)7(10)11/h3,7,13H,2H2,1H3,(H,12,14). The molecule has 2 N–H and O–H groups in total.